The third kappa shape index (κ3) is 4.13. The van der Waals surface area contributed by atoms with E-state index in [1.54, 1.807) is 31.2 Å². The number of fused-ring (bicyclic) bond motifs is 1. The highest BCUT2D eigenvalue weighted by Crippen LogP contribution is 2.31. The summed E-state index contributed by atoms with van der Waals surface area (Å²) < 4.78 is 28.2. The minimum Gasteiger partial charge on any atom is -0.324 e. The number of nitrogens with one attached hydrogen (secondary N) is 1. The van der Waals surface area contributed by atoms with Crippen LogP contribution in [0.2, 0.25) is 0 Å². The van der Waals surface area contributed by atoms with Gasteiger partial charge in [-0.1, -0.05) is 12.1 Å². The van der Waals surface area contributed by atoms with Gasteiger partial charge in [0.2, 0.25) is 21.8 Å². The standard InChI is InChI=1S/C21H24N4O5S/c1-15-12-19(26)22-17-6-2-3-7-18(17)25(15)21(28)14-23-13-16(8-9-20(23)27)31(29,30)24-10-4-5-11-24/h2-3,6-9,13,15H,4-5,10-12,14H2,1H3,(H,22,26). The van der Waals surface area contributed by atoms with Gasteiger partial charge in [-0.25, -0.2) is 8.42 Å². The van der Waals surface area contributed by atoms with Crippen molar-refractivity contribution >= 4 is 33.2 Å². The fourth-order valence-corrected chi connectivity index (χ4v) is 5.59. The summed E-state index contributed by atoms with van der Waals surface area (Å²) in [5, 5.41) is 2.79. The van der Waals surface area contributed by atoms with E-state index in [9.17, 15) is 22.8 Å². The number of pyridine rings is 1. The maximum atomic E-state index is 13.2. The largest absolute Gasteiger partial charge is 0.324 e. The molecule has 1 N–H and O–H groups in total. The fourth-order valence-electron chi connectivity index (χ4n) is 4.05. The molecule has 1 aromatic heterocycles. The zero-order valence-electron chi connectivity index (χ0n) is 17.2. The normalized spacial score (nSPS) is 19.6. The first-order chi connectivity index (χ1) is 14.8. The Labute approximate surface area is 180 Å². The van der Waals surface area contributed by atoms with Gasteiger partial charge in [-0.05, 0) is 38.0 Å². The summed E-state index contributed by atoms with van der Waals surface area (Å²) in [5.74, 6) is -0.611. The number of carbonyl (C=O) groups is 2. The Bertz CT molecular complexity index is 1180. The topological polar surface area (TPSA) is 109 Å². The molecule has 0 radical (unpaired) electrons. The lowest BCUT2D eigenvalue weighted by Gasteiger charge is -2.28. The monoisotopic (exact) mass is 444 g/mol. The van der Waals surface area contributed by atoms with E-state index in [1.165, 1.54) is 27.5 Å². The minimum absolute atomic E-state index is 0.0111. The number of anilines is 2. The molecule has 164 valence electrons. The zero-order chi connectivity index (χ0) is 22.2. The van der Waals surface area contributed by atoms with Gasteiger partial charge in [-0.3, -0.25) is 14.4 Å². The smallest absolute Gasteiger partial charge is 0.251 e. The van der Waals surface area contributed by atoms with Gasteiger partial charge in [0.05, 0.1) is 16.3 Å². The van der Waals surface area contributed by atoms with E-state index in [2.05, 4.69) is 5.32 Å². The van der Waals surface area contributed by atoms with Gasteiger partial charge in [0.15, 0.2) is 0 Å². The highest BCUT2D eigenvalue weighted by molar-refractivity contribution is 7.89. The van der Waals surface area contributed by atoms with Crippen LogP contribution in [0.4, 0.5) is 11.4 Å². The van der Waals surface area contributed by atoms with Crippen molar-refractivity contribution in [1.82, 2.24) is 8.87 Å². The molecule has 9 nitrogen and oxygen atoms in total. The van der Waals surface area contributed by atoms with E-state index in [1.807, 2.05) is 0 Å². The number of amides is 2. The van der Waals surface area contributed by atoms with Crippen LogP contribution in [-0.4, -0.2) is 48.2 Å². The lowest BCUT2D eigenvalue weighted by atomic mass is 10.1. The van der Waals surface area contributed by atoms with E-state index >= 15 is 0 Å². The van der Waals surface area contributed by atoms with Crippen LogP contribution in [0.3, 0.4) is 0 Å². The molecule has 1 unspecified atom stereocenters. The van der Waals surface area contributed by atoms with E-state index in [0.717, 1.165) is 17.4 Å². The predicted octanol–water partition coefficient (Wildman–Crippen LogP) is 1.40. The number of carbonyl (C=O) groups excluding carboxylic acids is 2. The Morgan fingerprint density at radius 3 is 2.55 bits per heavy atom. The molecular formula is C21H24N4O5S. The molecule has 0 aliphatic carbocycles. The number of benzene rings is 1. The Balaban J connectivity index is 1.66. The summed E-state index contributed by atoms with van der Waals surface area (Å²) in [4.78, 5) is 39.3. The van der Waals surface area contributed by atoms with Crippen molar-refractivity contribution in [2.75, 3.05) is 23.3 Å². The van der Waals surface area contributed by atoms with Gasteiger partial charge < -0.3 is 14.8 Å². The van der Waals surface area contributed by atoms with Gasteiger partial charge in [0.1, 0.15) is 6.54 Å². The molecule has 31 heavy (non-hydrogen) atoms. The predicted molar refractivity (Wildman–Crippen MR) is 115 cm³/mol. The van der Waals surface area contributed by atoms with Crippen molar-refractivity contribution < 1.29 is 18.0 Å². The number of para-hydroxylation sites is 2. The Morgan fingerprint density at radius 1 is 1.10 bits per heavy atom. The van der Waals surface area contributed by atoms with Crippen LogP contribution in [0.15, 0.2) is 52.3 Å². The molecule has 2 aliphatic heterocycles. The summed E-state index contributed by atoms with van der Waals surface area (Å²) in [6.07, 6.45) is 2.94. The third-order valence-corrected chi connectivity index (χ3v) is 7.47. The number of rotatable bonds is 4. The van der Waals surface area contributed by atoms with Crippen molar-refractivity contribution in [3.8, 4) is 0 Å². The van der Waals surface area contributed by atoms with Crippen LogP contribution in [0.5, 0.6) is 0 Å². The van der Waals surface area contributed by atoms with E-state index in [-0.39, 0.29) is 23.8 Å². The molecule has 2 aromatic rings. The second kappa shape index (κ2) is 8.27. The minimum atomic E-state index is -3.72. The van der Waals surface area contributed by atoms with Gasteiger partial charge >= 0.3 is 0 Å². The molecule has 1 saturated heterocycles. The summed E-state index contributed by atoms with van der Waals surface area (Å²) in [7, 11) is -3.72. The maximum absolute atomic E-state index is 13.2. The molecule has 1 atom stereocenters. The number of hydrogen-bond donors (Lipinski definition) is 1. The molecule has 4 rings (SSSR count). The molecule has 1 aromatic carbocycles. The van der Waals surface area contributed by atoms with Crippen molar-refractivity contribution in [3.63, 3.8) is 0 Å². The number of nitrogens with zero attached hydrogens (tertiary/aromatic N) is 3. The number of aromatic nitrogens is 1. The Kier molecular flexibility index (Phi) is 5.67. The lowest BCUT2D eigenvalue weighted by molar-refractivity contribution is -0.120. The molecule has 0 saturated carbocycles. The van der Waals surface area contributed by atoms with Crippen LogP contribution < -0.4 is 15.8 Å². The first-order valence-corrected chi connectivity index (χ1v) is 11.6. The van der Waals surface area contributed by atoms with E-state index < -0.39 is 27.5 Å². The van der Waals surface area contributed by atoms with E-state index in [4.69, 9.17) is 0 Å². The van der Waals surface area contributed by atoms with Crippen LogP contribution in [0.25, 0.3) is 0 Å². The second-order valence-electron chi connectivity index (χ2n) is 7.82. The molecule has 0 bridgehead atoms. The average Bonchev–Trinajstić information content (AvgIpc) is 3.22. The highest BCUT2D eigenvalue weighted by atomic mass is 32.2. The third-order valence-electron chi connectivity index (χ3n) is 5.59. The van der Waals surface area contributed by atoms with Gasteiger partial charge in [0, 0.05) is 37.8 Å². The first-order valence-electron chi connectivity index (χ1n) is 10.2. The summed E-state index contributed by atoms with van der Waals surface area (Å²) in [6.45, 7) is 2.32. The van der Waals surface area contributed by atoms with Crippen LogP contribution in [0, 0.1) is 0 Å². The average molecular weight is 445 g/mol. The second-order valence-corrected chi connectivity index (χ2v) is 9.76. The molecular weight excluding hydrogens is 420 g/mol. The van der Waals surface area contributed by atoms with E-state index in [0.29, 0.717) is 24.5 Å². The zero-order valence-corrected chi connectivity index (χ0v) is 18.0. The van der Waals surface area contributed by atoms with Crippen molar-refractivity contribution in [3.05, 3.63) is 52.9 Å². The van der Waals surface area contributed by atoms with Gasteiger partial charge in [-0.15, -0.1) is 0 Å². The van der Waals surface area contributed by atoms with Crippen molar-refractivity contribution in [1.29, 1.82) is 0 Å². The van der Waals surface area contributed by atoms with Crippen LogP contribution in [0.1, 0.15) is 26.2 Å². The van der Waals surface area contributed by atoms with Crippen LogP contribution in [-0.2, 0) is 26.2 Å². The maximum Gasteiger partial charge on any atom is 0.251 e. The Hall–Kier alpha value is -2.98. The van der Waals surface area contributed by atoms with Crippen LogP contribution >= 0.6 is 0 Å². The Morgan fingerprint density at radius 2 is 1.81 bits per heavy atom. The first kappa shape index (κ1) is 21.3. The number of hydrogen-bond acceptors (Lipinski definition) is 5. The SMILES string of the molecule is CC1CC(=O)Nc2ccccc2N1C(=O)Cn1cc(S(=O)(=O)N2CCCC2)ccc1=O. The molecule has 10 heteroatoms. The van der Waals surface area contributed by atoms with Crippen molar-refractivity contribution in [2.45, 2.75) is 43.7 Å². The fraction of sp³-hybridized carbons (Fsp3) is 0.381. The molecule has 3 heterocycles. The van der Waals surface area contributed by atoms with Crippen molar-refractivity contribution in [2.24, 2.45) is 0 Å². The summed E-state index contributed by atoms with van der Waals surface area (Å²) in [6, 6.07) is 8.98. The molecule has 0 spiro atoms. The molecule has 1 fully saturated rings. The summed E-state index contributed by atoms with van der Waals surface area (Å²) in [5.41, 5.74) is 0.585. The molecule has 2 aliphatic rings. The lowest BCUT2D eigenvalue weighted by Crippen LogP contribution is -2.42. The van der Waals surface area contributed by atoms with Gasteiger partial charge in [0.25, 0.3) is 5.56 Å². The number of sulfonamides is 1. The summed E-state index contributed by atoms with van der Waals surface area (Å²) >= 11 is 0. The highest BCUT2D eigenvalue weighted by Gasteiger charge is 2.31. The van der Waals surface area contributed by atoms with Gasteiger partial charge in [-0.2, -0.15) is 4.31 Å². The quantitative estimate of drug-likeness (QED) is 0.767. The molecule has 2 amide bonds.